The van der Waals surface area contributed by atoms with Gasteiger partial charge in [0, 0.05) is 27.5 Å². The Labute approximate surface area is 194 Å². The van der Waals surface area contributed by atoms with Gasteiger partial charge in [0.05, 0.1) is 6.04 Å². The fourth-order valence-electron chi connectivity index (χ4n) is 5.18. The first-order valence-corrected chi connectivity index (χ1v) is 11.3. The number of carbonyl (C=O) groups excluding carboxylic acids is 2. The number of hydrogen-bond acceptors (Lipinski definition) is 2. The minimum atomic E-state index is -0.999. The van der Waals surface area contributed by atoms with Crippen LogP contribution < -0.4 is 10.6 Å². The Hall–Kier alpha value is -2.63. The van der Waals surface area contributed by atoms with Gasteiger partial charge in [-0.2, -0.15) is 0 Å². The lowest BCUT2D eigenvalue weighted by molar-refractivity contribution is -0.131. The normalized spacial score (nSPS) is 24.6. The predicted octanol–water partition coefficient (Wildman–Crippen LogP) is 5.65. The summed E-state index contributed by atoms with van der Waals surface area (Å²) in [5.74, 6) is -0.562. The van der Waals surface area contributed by atoms with E-state index < -0.39 is 11.5 Å². The molecule has 6 heteroatoms. The molecule has 0 unspecified atom stereocenters. The number of nitrogens with one attached hydrogen (secondary N) is 2. The Kier molecular flexibility index (Phi) is 4.91. The van der Waals surface area contributed by atoms with E-state index in [2.05, 4.69) is 26.6 Å². The third-order valence-electron chi connectivity index (χ3n) is 6.50. The molecular weight excluding hydrogens is 476 g/mol. The lowest BCUT2D eigenvalue weighted by Gasteiger charge is -2.46. The molecule has 1 spiro atoms. The van der Waals surface area contributed by atoms with Crippen LogP contribution in [0.4, 0.5) is 5.69 Å². The van der Waals surface area contributed by atoms with Crippen molar-refractivity contribution < 1.29 is 9.59 Å². The van der Waals surface area contributed by atoms with Crippen LogP contribution in [0.3, 0.4) is 0 Å². The topological polar surface area (TPSA) is 58.2 Å². The van der Waals surface area contributed by atoms with E-state index in [1.165, 1.54) is 0 Å². The third-order valence-corrected chi connectivity index (χ3v) is 7.23. The van der Waals surface area contributed by atoms with Gasteiger partial charge in [0.25, 0.3) is 0 Å². The Morgan fingerprint density at radius 1 is 1.03 bits per heavy atom. The van der Waals surface area contributed by atoms with Gasteiger partial charge in [-0.25, -0.2) is 0 Å². The minimum absolute atomic E-state index is 0.0813. The molecule has 1 saturated heterocycles. The van der Waals surface area contributed by atoms with Crippen LogP contribution in [-0.4, -0.2) is 11.8 Å². The molecule has 3 atom stereocenters. The Morgan fingerprint density at radius 3 is 2.61 bits per heavy atom. The second-order valence-electron chi connectivity index (χ2n) is 8.18. The van der Waals surface area contributed by atoms with E-state index in [1.807, 2.05) is 67.6 Å². The molecule has 2 heterocycles. The number of piperidine rings is 1. The van der Waals surface area contributed by atoms with Crippen LogP contribution in [0.1, 0.15) is 40.6 Å². The van der Waals surface area contributed by atoms with Gasteiger partial charge in [-0.05, 0) is 53.4 Å². The molecule has 0 bridgehead atoms. The molecular formula is C25H20BrClN2O2. The number of aryl methyl sites for hydroxylation is 1. The van der Waals surface area contributed by atoms with E-state index in [0.29, 0.717) is 5.02 Å². The standard InChI is InChI=1S/C25H20BrClN2O2/c1-14-5-2-3-8-18(14)23-25(19-10-9-16(26)12-21(19)28-24(25)31)20(13-22(30)29-23)15-6-4-7-17(27)11-15/h2-12,20,23H,13H2,1H3,(H,28,31)(H,29,30)/t20-,23+,25-/m0/s1. The first kappa shape index (κ1) is 20.3. The second kappa shape index (κ2) is 7.50. The quantitative estimate of drug-likeness (QED) is 0.483. The number of hydrogen-bond donors (Lipinski definition) is 2. The largest absolute Gasteiger partial charge is 0.348 e. The summed E-state index contributed by atoms with van der Waals surface area (Å²) >= 11 is 9.83. The molecule has 0 radical (unpaired) electrons. The predicted molar refractivity (Wildman–Crippen MR) is 125 cm³/mol. The number of benzene rings is 3. The summed E-state index contributed by atoms with van der Waals surface area (Å²) in [4.78, 5) is 26.8. The molecule has 3 aromatic rings. The molecule has 2 N–H and O–H groups in total. The third kappa shape index (κ3) is 3.10. The van der Waals surface area contributed by atoms with Gasteiger partial charge in [0.2, 0.25) is 11.8 Å². The first-order chi connectivity index (χ1) is 14.9. The van der Waals surface area contributed by atoms with Crippen molar-refractivity contribution >= 4 is 45.0 Å². The average Bonchev–Trinajstić information content (AvgIpc) is 3.01. The highest BCUT2D eigenvalue weighted by Crippen LogP contribution is 2.57. The molecule has 5 rings (SSSR count). The van der Waals surface area contributed by atoms with Crippen molar-refractivity contribution in [2.75, 3.05) is 5.32 Å². The number of halogens is 2. The number of rotatable bonds is 2. The molecule has 2 amide bonds. The van der Waals surface area contributed by atoms with Crippen LogP contribution in [0, 0.1) is 6.92 Å². The van der Waals surface area contributed by atoms with Gasteiger partial charge in [-0.1, -0.05) is 70.0 Å². The Morgan fingerprint density at radius 2 is 1.84 bits per heavy atom. The van der Waals surface area contributed by atoms with Crippen molar-refractivity contribution in [3.05, 3.63) is 98.5 Å². The summed E-state index contributed by atoms with van der Waals surface area (Å²) in [5.41, 5.74) is 3.50. The van der Waals surface area contributed by atoms with Gasteiger partial charge in [0.15, 0.2) is 0 Å². The minimum Gasteiger partial charge on any atom is -0.348 e. The molecule has 31 heavy (non-hydrogen) atoms. The van der Waals surface area contributed by atoms with E-state index in [9.17, 15) is 9.59 Å². The monoisotopic (exact) mass is 494 g/mol. The summed E-state index contributed by atoms with van der Waals surface area (Å²) in [6.07, 6.45) is 0.200. The number of anilines is 1. The van der Waals surface area contributed by atoms with Crippen LogP contribution in [0.5, 0.6) is 0 Å². The SMILES string of the molecule is Cc1ccccc1[C@H]1NC(=O)C[C@@H](c2cccc(Cl)c2)[C@]12C(=O)Nc1cc(Br)ccc12. The van der Waals surface area contributed by atoms with Crippen LogP contribution in [0.2, 0.25) is 5.02 Å². The zero-order valence-electron chi connectivity index (χ0n) is 16.8. The maximum Gasteiger partial charge on any atom is 0.238 e. The molecule has 1 fully saturated rings. The lowest BCUT2D eigenvalue weighted by Crippen LogP contribution is -2.57. The maximum atomic E-state index is 13.9. The zero-order chi connectivity index (χ0) is 21.8. The van der Waals surface area contributed by atoms with E-state index in [-0.39, 0.29) is 24.2 Å². The summed E-state index contributed by atoms with van der Waals surface area (Å²) in [5, 5.41) is 6.84. The van der Waals surface area contributed by atoms with E-state index in [4.69, 9.17) is 11.6 Å². The summed E-state index contributed by atoms with van der Waals surface area (Å²) < 4.78 is 0.884. The molecule has 2 aliphatic heterocycles. The van der Waals surface area contributed by atoms with Crippen molar-refractivity contribution in [2.24, 2.45) is 0 Å². The fourth-order valence-corrected chi connectivity index (χ4v) is 5.74. The molecule has 0 aliphatic carbocycles. The summed E-state index contributed by atoms with van der Waals surface area (Å²) in [7, 11) is 0. The second-order valence-corrected chi connectivity index (χ2v) is 9.53. The molecule has 4 nitrogen and oxygen atoms in total. The zero-order valence-corrected chi connectivity index (χ0v) is 19.1. The molecule has 0 saturated carbocycles. The van der Waals surface area contributed by atoms with Crippen LogP contribution in [0.15, 0.2) is 71.2 Å². The number of carbonyl (C=O) groups is 2. The Balaban J connectivity index is 1.83. The number of fused-ring (bicyclic) bond motifs is 2. The smallest absolute Gasteiger partial charge is 0.238 e. The summed E-state index contributed by atoms with van der Waals surface area (Å²) in [6.45, 7) is 2.01. The van der Waals surface area contributed by atoms with Crippen molar-refractivity contribution in [1.82, 2.24) is 5.32 Å². The number of amides is 2. The van der Waals surface area contributed by atoms with Crippen molar-refractivity contribution in [3.63, 3.8) is 0 Å². The Bertz CT molecular complexity index is 1230. The highest BCUT2D eigenvalue weighted by atomic mass is 79.9. The van der Waals surface area contributed by atoms with Crippen LogP contribution in [0.25, 0.3) is 0 Å². The molecule has 156 valence electrons. The van der Waals surface area contributed by atoms with Crippen molar-refractivity contribution in [1.29, 1.82) is 0 Å². The molecule has 0 aromatic heterocycles. The highest BCUT2D eigenvalue weighted by Gasteiger charge is 2.61. The van der Waals surface area contributed by atoms with Gasteiger partial charge < -0.3 is 10.6 Å². The van der Waals surface area contributed by atoms with Gasteiger partial charge >= 0.3 is 0 Å². The van der Waals surface area contributed by atoms with E-state index in [1.54, 1.807) is 6.07 Å². The van der Waals surface area contributed by atoms with Gasteiger partial charge in [-0.15, -0.1) is 0 Å². The average molecular weight is 496 g/mol. The van der Waals surface area contributed by atoms with Gasteiger partial charge in [-0.3, -0.25) is 9.59 Å². The van der Waals surface area contributed by atoms with Crippen molar-refractivity contribution in [3.8, 4) is 0 Å². The highest BCUT2D eigenvalue weighted by molar-refractivity contribution is 9.10. The van der Waals surface area contributed by atoms with Crippen LogP contribution in [-0.2, 0) is 15.0 Å². The first-order valence-electron chi connectivity index (χ1n) is 10.1. The fraction of sp³-hybridized carbons (Fsp3) is 0.200. The van der Waals surface area contributed by atoms with E-state index in [0.717, 1.165) is 32.4 Å². The molecule has 3 aromatic carbocycles. The molecule has 2 aliphatic rings. The van der Waals surface area contributed by atoms with Crippen LogP contribution >= 0.6 is 27.5 Å². The van der Waals surface area contributed by atoms with Gasteiger partial charge in [0.1, 0.15) is 5.41 Å². The lowest BCUT2D eigenvalue weighted by atomic mass is 9.59. The maximum absolute atomic E-state index is 13.9. The summed E-state index contributed by atoms with van der Waals surface area (Å²) in [6, 6.07) is 20.7. The van der Waals surface area contributed by atoms with E-state index >= 15 is 0 Å². The van der Waals surface area contributed by atoms with Crippen molar-refractivity contribution in [2.45, 2.75) is 30.7 Å².